The highest BCUT2D eigenvalue weighted by Gasteiger charge is 2.44. The molecule has 8 aromatic rings. The van der Waals surface area contributed by atoms with E-state index in [1.165, 1.54) is 49.8 Å². The first kappa shape index (κ1) is 30.3. The van der Waals surface area contributed by atoms with Crippen molar-refractivity contribution in [2.45, 2.75) is 19.3 Å². The highest BCUT2D eigenvalue weighted by molar-refractivity contribution is 6.07. The van der Waals surface area contributed by atoms with Gasteiger partial charge in [0.15, 0.2) is 11.5 Å². The molecule has 2 aliphatic heterocycles. The summed E-state index contributed by atoms with van der Waals surface area (Å²) in [4.78, 5) is 4.89. The van der Waals surface area contributed by atoms with Gasteiger partial charge in [0.25, 0.3) is 0 Å². The van der Waals surface area contributed by atoms with Gasteiger partial charge in [-0.3, -0.25) is 0 Å². The number of nitrogens with zero attached hydrogens (tertiary/aromatic N) is 2. The van der Waals surface area contributed by atoms with Gasteiger partial charge in [0, 0.05) is 27.7 Å². The van der Waals surface area contributed by atoms with E-state index in [2.05, 4.69) is 206 Å². The molecule has 248 valence electrons. The molecule has 0 spiro atoms. The summed E-state index contributed by atoms with van der Waals surface area (Å²) >= 11 is 0. The molecule has 3 nitrogen and oxygen atoms in total. The summed E-state index contributed by atoms with van der Waals surface area (Å²) in [5.41, 5.74) is 13.6. The first-order chi connectivity index (χ1) is 25.6. The van der Waals surface area contributed by atoms with E-state index in [9.17, 15) is 0 Å². The first-order valence-corrected chi connectivity index (χ1v) is 17.9. The number of anilines is 6. The maximum Gasteiger partial charge on any atom is 0.152 e. The third-order valence-corrected chi connectivity index (χ3v) is 10.8. The minimum atomic E-state index is -0.356. The third kappa shape index (κ3) is 4.66. The Morgan fingerprint density at radius 2 is 0.981 bits per heavy atom. The molecule has 0 amide bonds. The van der Waals surface area contributed by atoms with E-state index in [-0.39, 0.29) is 5.41 Å². The van der Waals surface area contributed by atoms with Gasteiger partial charge in [0.2, 0.25) is 0 Å². The molecule has 0 fully saturated rings. The zero-order chi connectivity index (χ0) is 34.8. The van der Waals surface area contributed by atoms with Gasteiger partial charge in [-0.05, 0) is 81.7 Å². The molecule has 0 atom stereocenters. The molecule has 8 aromatic carbocycles. The van der Waals surface area contributed by atoms with Gasteiger partial charge in [-0.2, -0.15) is 0 Å². The fourth-order valence-corrected chi connectivity index (χ4v) is 8.31. The van der Waals surface area contributed by atoms with Gasteiger partial charge in [-0.1, -0.05) is 147 Å². The van der Waals surface area contributed by atoms with Crippen molar-refractivity contribution in [2.75, 3.05) is 9.80 Å². The van der Waals surface area contributed by atoms with Crippen molar-refractivity contribution in [3.8, 4) is 33.8 Å². The van der Waals surface area contributed by atoms with E-state index in [1.807, 2.05) is 0 Å². The van der Waals surface area contributed by atoms with Crippen LogP contribution in [0.3, 0.4) is 0 Å². The molecule has 0 radical (unpaired) electrons. The van der Waals surface area contributed by atoms with E-state index >= 15 is 0 Å². The van der Waals surface area contributed by atoms with Crippen LogP contribution in [0.1, 0.15) is 25.0 Å². The van der Waals surface area contributed by atoms with Crippen LogP contribution in [0.4, 0.5) is 34.1 Å². The summed E-state index contributed by atoms with van der Waals surface area (Å²) in [6.45, 7) is 4.71. The number of hydrogen-bond acceptors (Lipinski definition) is 3. The third-order valence-electron chi connectivity index (χ3n) is 10.8. The van der Waals surface area contributed by atoms with Crippen LogP contribution in [0.2, 0.25) is 0 Å². The van der Waals surface area contributed by atoms with Crippen molar-refractivity contribution in [1.29, 1.82) is 0 Å². The van der Waals surface area contributed by atoms with Crippen LogP contribution in [0, 0.1) is 0 Å². The topological polar surface area (TPSA) is 15.7 Å². The first-order valence-electron chi connectivity index (χ1n) is 17.9. The smallest absolute Gasteiger partial charge is 0.152 e. The summed E-state index contributed by atoms with van der Waals surface area (Å²) in [6, 6.07) is 65.3. The summed E-state index contributed by atoms with van der Waals surface area (Å²) in [7, 11) is 0. The van der Waals surface area contributed by atoms with Gasteiger partial charge >= 0.3 is 0 Å². The van der Waals surface area contributed by atoms with Crippen molar-refractivity contribution in [2.24, 2.45) is 0 Å². The average molecular weight is 669 g/mol. The molecule has 2 aliphatic rings. The normalized spacial score (nSPS) is 13.5. The SMILES string of the molecule is CC1(C)c2ccccc2N2c3c(ccc(N(c4ccc(-c5ccccc5)cc4)c4ccc(-c5ccccc5)cc4)c31)Oc1ccc3ccccc3c12. The van der Waals surface area contributed by atoms with Gasteiger partial charge in [-0.15, -0.1) is 0 Å². The van der Waals surface area contributed by atoms with E-state index in [0.29, 0.717) is 0 Å². The zero-order valence-electron chi connectivity index (χ0n) is 29.1. The van der Waals surface area contributed by atoms with Gasteiger partial charge in [-0.25, -0.2) is 0 Å². The Balaban J connectivity index is 1.22. The Kier molecular flexibility index (Phi) is 6.84. The maximum absolute atomic E-state index is 6.86. The summed E-state index contributed by atoms with van der Waals surface area (Å²) in [5.74, 6) is 1.73. The number of benzene rings is 8. The monoisotopic (exact) mass is 668 g/mol. The highest BCUT2D eigenvalue weighted by Crippen LogP contribution is 2.63. The van der Waals surface area contributed by atoms with Crippen LogP contribution in [0.25, 0.3) is 33.0 Å². The molecule has 0 aromatic heterocycles. The molecular formula is C49H36N2O. The minimum Gasteiger partial charge on any atom is -0.453 e. The van der Waals surface area contributed by atoms with Crippen molar-refractivity contribution in [1.82, 2.24) is 0 Å². The second kappa shape index (κ2) is 11.8. The average Bonchev–Trinajstić information content (AvgIpc) is 3.21. The molecular weight excluding hydrogens is 633 g/mol. The highest BCUT2D eigenvalue weighted by atomic mass is 16.5. The lowest BCUT2D eigenvalue weighted by Crippen LogP contribution is -2.34. The fourth-order valence-electron chi connectivity index (χ4n) is 8.31. The lowest BCUT2D eigenvalue weighted by molar-refractivity contribution is 0.472. The van der Waals surface area contributed by atoms with Gasteiger partial charge < -0.3 is 14.5 Å². The van der Waals surface area contributed by atoms with E-state index < -0.39 is 0 Å². The van der Waals surface area contributed by atoms with Crippen molar-refractivity contribution in [3.05, 3.63) is 193 Å². The van der Waals surface area contributed by atoms with Crippen LogP contribution >= 0.6 is 0 Å². The predicted octanol–water partition coefficient (Wildman–Crippen LogP) is 13.9. The van der Waals surface area contributed by atoms with Crippen LogP contribution < -0.4 is 14.5 Å². The molecule has 0 N–H and O–H groups in total. The standard InChI is InChI=1S/C49H36N2O/c1-49(2)41-19-11-12-20-42(41)51-47-40-18-10-9-17-37(40)25-31-44(47)52-45-32-30-43(46(49)48(45)51)50(38-26-21-35(22-27-38)33-13-5-3-6-14-33)39-28-23-36(24-29-39)34-15-7-4-8-16-34/h3-32H,1-2H3. The summed E-state index contributed by atoms with van der Waals surface area (Å²) in [5, 5.41) is 2.35. The van der Waals surface area contributed by atoms with Gasteiger partial charge in [0.1, 0.15) is 0 Å². The number of hydrogen-bond donors (Lipinski definition) is 0. The Hall–Kier alpha value is -6.58. The predicted molar refractivity (Wildman–Crippen MR) is 216 cm³/mol. The molecule has 10 rings (SSSR count). The van der Waals surface area contributed by atoms with Crippen LogP contribution in [-0.4, -0.2) is 0 Å². The summed E-state index contributed by atoms with van der Waals surface area (Å²) in [6.07, 6.45) is 0. The Bertz CT molecular complexity index is 2530. The Labute approximate surface area is 304 Å². The largest absolute Gasteiger partial charge is 0.453 e. The number of fused-ring (bicyclic) bond motifs is 6. The van der Waals surface area contributed by atoms with Crippen LogP contribution in [-0.2, 0) is 5.41 Å². The maximum atomic E-state index is 6.86. The van der Waals surface area contributed by atoms with E-state index in [4.69, 9.17) is 4.74 Å². The van der Waals surface area contributed by atoms with Crippen LogP contribution in [0.15, 0.2) is 182 Å². The molecule has 0 aliphatic carbocycles. The van der Waals surface area contributed by atoms with E-state index in [1.54, 1.807) is 0 Å². The van der Waals surface area contributed by atoms with Gasteiger partial charge in [0.05, 0.1) is 22.7 Å². The number of ether oxygens (including phenoxy) is 1. The molecule has 0 bridgehead atoms. The second-order valence-corrected chi connectivity index (χ2v) is 14.2. The summed E-state index contributed by atoms with van der Waals surface area (Å²) < 4.78 is 6.86. The fraction of sp³-hybridized carbons (Fsp3) is 0.0612. The molecule has 0 unspecified atom stereocenters. The zero-order valence-corrected chi connectivity index (χ0v) is 29.1. The minimum absolute atomic E-state index is 0.356. The quantitative estimate of drug-likeness (QED) is 0.182. The van der Waals surface area contributed by atoms with Crippen molar-refractivity contribution in [3.63, 3.8) is 0 Å². The lowest BCUT2D eigenvalue weighted by atomic mass is 9.72. The Morgan fingerprint density at radius 3 is 1.63 bits per heavy atom. The van der Waals surface area contributed by atoms with E-state index in [0.717, 1.165) is 39.9 Å². The van der Waals surface area contributed by atoms with Crippen molar-refractivity contribution < 1.29 is 4.74 Å². The second-order valence-electron chi connectivity index (χ2n) is 14.2. The number of para-hydroxylation sites is 1. The molecule has 52 heavy (non-hydrogen) atoms. The molecule has 2 heterocycles. The molecule has 3 heteroatoms. The Morgan fingerprint density at radius 1 is 0.462 bits per heavy atom. The molecule has 0 saturated carbocycles. The number of rotatable bonds is 5. The van der Waals surface area contributed by atoms with Crippen LogP contribution in [0.5, 0.6) is 11.5 Å². The van der Waals surface area contributed by atoms with Crippen molar-refractivity contribution >= 4 is 44.9 Å². The lowest BCUT2D eigenvalue weighted by Gasteiger charge is -2.47. The molecule has 0 saturated heterocycles.